The maximum Gasteiger partial charge on any atom is 0.257 e. The maximum atomic E-state index is 12.8. The molecule has 0 atom stereocenters. The molecule has 1 amide bonds. The van der Waals surface area contributed by atoms with Crippen LogP contribution in [0.15, 0.2) is 48.8 Å². The van der Waals surface area contributed by atoms with E-state index >= 15 is 0 Å². The maximum absolute atomic E-state index is 12.8. The molecule has 1 aliphatic rings. The first kappa shape index (κ1) is 15.5. The van der Waals surface area contributed by atoms with Gasteiger partial charge in [-0.2, -0.15) is 0 Å². The highest BCUT2D eigenvalue weighted by Crippen LogP contribution is 2.28. The lowest BCUT2D eigenvalue weighted by Gasteiger charge is -2.22. The van der Waals surface area contributed by atoms with Gasteiger partial charge in [0.25, 0.3) is 5.91 Å². The Morgan fingerprint density at radius 1 is 1.22 bits per heavy atom. The largest absolute Gasteiger partial charge is 0.455 e. The summed E-state index contributed by atoms with van der Waals surface area (Å²) in [5, 5.41) is 0. The van der Waals surface area contributed by atoms with Gasteiger partial charge in [-0.1, -0.05) is 25.0 Å². The average molecular weight is 310 g/mol. The van der Waals surface area contributed by atoms with Gasteiger partial charge in [0.1, 0.15) is 11.5 Å². The molecular weight excluding hydrogens is 288 g/mol. The molecule has 23 heavy (non-hydrogen) atoms. The van der Waals surface area contributed by atoms with Crippen molar-refractivity contribution in [3.05, 3.63) is 54.4 Å². The fraction of sp³-hybridized carbons (Fsp3) is 0.368. The highest BCUT2D eigenvalue weighted by Gasteiger charge is 2.22. The molecular formula is C19H22N2O2. The fourth-order valence-corrected chi connectivity index (χ4v) is 3.14. The first-order valence-corrected chi connectivity index (χ1v) is 8.16. The van der Waals surface area contributed by atoms with Crippen LogP contribution >= 0.6 is 0 Å². The van der Waals surface area contributed by atoms with E-state index < -0.39 is 0 Å². The lowest BCUT2D eigenvalue weighted by Crippen LogP contribution is -2.31. The second-order valence-electron chi connectivity index (χ2n) is 6.12. The number of amides is 1. The molecule has 120 valence electrons. The minimum absolute atomic E-state index is 0.0105. The van der Waals surface area contributed by atoms with Crippen LogP contribution in [0.25, 0.3) is 0 Å². The molecule has 0 N–H and O–H groups in total. The molecule has 1 aromatic heterocycles. The van der Waals surface area contributed by atoms with Crippen LogP contribution < -0.4 is 4.74 Å². The van der Waals surface area contributed by atoms with Crippen LogP contribution in [0.3, 0.4) is 0 Å². The monoisotopic (exact) mass is 310 g/mol. The van der Waals surface area contributed by atoms with E-state index in [2.05, 4.69) is 4.98 Å². The van der Waals surface area contributed by atoms with Crippen molar-refractivity contribution in [3.8, 4) is 11.5 Å². The molecule has 4 heteroatoms. The summed E-state index contributed by atoms with van der Waals surface area (Å²) < 4.78 is 5.84. The van der Waals surface area contributed by atoms with Crippen molar-refractivity contribution < 1.29 is 9.53 Å². The average Bonchev–Trinajstić information content (AvgIpc) is 3.08. The molecule has 1 aromatic carbocycles. The summed E-state index contributed by atoms with van der Waals surface area (Å²) in [5.41, 5.74) is 0.594. The number of aromatic nitrogens is 1. The normalized spacial score (nSPS) is 14.7. The third-order valence-corrected chi connectivity index (χ3v) is 4.33. The molecule has 0 radical (unpaired) electrons. The third kappa shape index (κ3) is 3.89. The molecule has 1 heterocycles. The second-order valence-corrected chi connectivity index (χ2v) is 6.12. The van der Waals surface area contributed by atoms with Crippen molar-refractivity contribution in [2.75, 3.05) is 13.6 Å². The van der Waals surface area contributed by atoms with Crippen LogP contribution in [0.1, 0.15) is 36.0 Å². The van der Waals surface area contributed by atoms with E-state index in [9.17, 15) is 4.79 Å². The zero-order valence-electron chi connectivity index (χ0n) is 13.4. The van der Waals surface area contributed by atoms with Gasteiger partial charge in [0, 0.05) is 19.8 Å². The predicted molar refractivity (Wildman–Crippen MR) is 89.7 cm³/mol. The van der Waals surface area contributed by atoms with E-state index in [1.54, 1.807) is 12.4 Å². The van der Waals surface area contributed by atoms with Gasteiger partial charge in [0.15, 0.2) is 0 Å². The molecule has 0 saturated heterocycles. The van der Waals surface area contributed by atoms with Gasteiger partial charge in [0.05, 0.1) is 11.8 Å². The number of pyridine rings is 1. The van der Waals surface area contributed by atoms with Gasteiger partial charge >= 0.3 is 0 Å². The Morgan fingerprint density at radius 3 is 2.74 bits per heavy atom. The van der Waals surface area contributed by atoms with Crippen molar-refractivity contribution in [1.29, 1.82) is 0 Å². The number of nitrogens with zero attached hydrogens (tertiary/aromatic N) is 2. The summed E-state index contributed by atoms with van der Waals surface area (Å²) in [6, 6.07) is 11.0. The quantitative estimate of drug-likeness (QED) is 0.833. The third-order valence-electron chi connectivity index (χ3n) is 4.33. The highest BCUT2D eigenvalue weighted by atomic mass is 16.5. The summed E-state index contributed by atoms with van der Waals surface area (Å²) in [7, 11) is 1.88. The number of rotatable bonds is 5. The smallest absolute Gasteiger partial charge is 0.257 e. The van der Waals surface area contributed by atoms with Crippen LogP contribution in [0.4, 0.5) is 0 Å². The van der Waals surface area contributed by atoms with E-state index in [1.165, 1.54) is 25.7 Å². The summed E-state index contributed by atoms with van der Waals surface area (Å²) in [5.74, 6) is 1.85. The summed E-state index contributed by atoms with van der Waals surface area (Å²) >= 11 is 0. The number of carbonyl (C=O) groups is 1. The standard InChI is InChI=1S/C19H22N2O2/c1-21(14-15-7-2-3-8-15)19(22)17-10-4-5-11-18(17)23-16-9-6-12-20-13-16/h4-6,9-13,15H,2-3,7-8,14H2,1H3. The topological polar surface area (TPSA) is 42.4 Å². The van der Waals surface area contributed by atoms with Crippen LogP contribution in [0.5, 0.6) is 11.5 Å². The Labute approximate surface area is 137 Å². The van der Waals surface area contributed by atoms with Crippen molar-refractivity contribution >= 4 is 5.91 Å². The van der Waals surface area contributed by atoms with E-state index in [0.29, 0.717) is 23.0 Å². The summed E-state index contributed by atoms with van der Waals surface area (Å²) in [6.07, 6.45) is 8.36. The number of hydrogen-bond donors (Lipinski definition) is 0. The molecule has 0 aliphatic heterocycles. The van der Waals surface area contributed by atoms with Crippen molar-refractivity contribution in [1.82, 2.24) is 9.88 Å². The minimum Gasteiger partial charge on any atom is -0.455 e. The number of ether oxygens (including phenoxy) is 1. The Hall–Kier alpha value is -2.36. The highest BCUT2D eigenvalue weighted by molar-refractivity contribution is 5.96. The van der Waals surface area contributed by atoms with E-state index in [-0.39, 0.29) is 5.91 Å². The predicted octanol–water partition coefficient (Wildman–Crippen LogP) is 4.14. The number of carbonyl (C=O) groups excluding carboxylic acids is 1. The van der Waals surface area contributed by atoms with Crippen LogP contribution in [-0.2, 0) is 0 Å². The fourth-order valence-electron chi connectivity index (χ4n) is 3.14. The summed E-state index contributed by atoms with van der Waals surface area (Å²) in [6.45, 7) is 0.820. The van der Waals surface area contributed by atoms with Crippen LogP contribution in [-0.4, -0.2) is 29.4 Å². The second kappa shape index (κ2) is 7.27. The van der Waals surface area contributed by atoms with Gasteiger partial charge in [-0.25, -0.2) is 0 Å². The lowest BCUT2D eigenvalue weighted by molar-refractivity contribution is 0.0770. The molecule has 1 aliphatic carbocycles. The van der Waals surface area contributed by atoms with E-state index in [0.717, 1.165) is 6.54 Å². The SMILES string of the molecule is CN(CC1CCCC1)C(=O)c1ccccc1Oc1cccnc1. The van der Waals surface area contributed by atoms with E-state index in [4.69, 9.17) is 4.74 Å². The Bertz CT molecular complexity index is 651. The minimum atomic E-state index is 0.0105. The molecule has 2 aromatic rings. The molecule has 3 rings (SSSR count). The van der Waals surface area contributed by atoms with Gasteiger partial charge in [-0.05, 0) is 43.0 Å². The number of hydrogen-bond acceptors (Lipinski definition) is 3. The zero-order valence-corrected chi connectivity index (χ0v) is 13.4. The van der Waals surface area contributed by atoms with Crippen molar-refractivity contribution in [2.24, 2.45) is 5.92 Å². The molecule has 1 fully saturated rings. The Morgan fingerprint density at radius 2 is 2.00 bits per heavy atom. The first-order valence-electron chi connectivity index (χ1n) is 8.16. The van der Waals surface area contributed by atoms with Crippen LogP contribution in [0, 0.1) is 5.92 Å². The molecule has 0 bridgehead atoms. The van der Waals surface area contributed by atoms with Crippen molar-refractivity contribution in [2.45, 2.75) is 25.7 Å². The number of benzene rings is 1. The van der Waals surface area contributed by atoms with Gasteiger partial charge in [0.2, 0.25) is 0 Å². The summed E-state index contributed by atoms with van der Waals surface area (Å²) in [4.78, 5) is 18.6. The molecule has 0 unspecified atom stereocenters. The van der Waals surface area contributed by atoms with Gasteiger partial charge < -0.3 is 9.64 Å². The number of para-hydroxylation sites is 1. The molecule has 0 spiro atoms. The lowest BCUT2D eigenvalue weighted by atomic mass is 10.1. The Balaban J connectivity index is 1.74. The van der Waals surface area contributed by atoms with Gasteiger partial charge in [-0.3, -0.25) is 9.78 Å². The van der Waals surface area contributed by atoms with Crippen molar-refractivity contribution in [3.63, 3.8) is 0 Å². The molecule has 1 saturated carbocycles. The van der Waals surface area contributed by atoms with E-state index in [1.807, 2.05) is 48.3 Å². The Kier molecular flexibility index (Phi) is 4.91. The van der Waals surface area contributed by atoms with Gasteiger partial charge in [-0.15, -0.1) is 0 Å². The molecule has 4 nitrogen and oxygen atoms in total. The zero-order chi connectivity index (χ0) is 16.1. The van der Waals surface area contributed by atoms with Crippen LogP contribution in [0.2, 0.25) is 0 Å². The first-order chi connectivity index (χ1) is 11.2.